The smallest absolute Gasteiger partial charge is 0.294 e. The highest BCUT2D eigenvalue weighted by Gasteiger charge is 2.28. The van der Waals surface area contributed by atoms with Crippen LogP contribution in [0.5, 0.6) is 0 Å². The van der Waals surface area contributed by atoms with Crippen LogP contribution >= 0.6 is 15.9 Å². The number of nitrogens with zero attached hydrogens (tertiary/aromatic N) is 4. The number of hydrogen-bond donors (Lipinski definition) is 2. The van der Waals surface area contributed by atoms with Crippen molar-refractivity contribution in [3.8, 4) is 0 Å². The maximum absolute atomic E-state index is 16.0. The molecule has 2 aliphatic rings. The van der Waals surface area contributed by atoms with Crippen molar-refractivity contribution >= 4 is 44.2 Å². The van der Waals surface area contributed by atoms with E-state index in [-0.39, 0.29) is 16.8 Å². The molecule has 3 aromatic rings. The molecule has 8 nitrogen and oxygen atoms in total. The third kappa shape index (κ3) is 6.14. The SMILES string of the molecule is Cc1cc(Br)ccc1Nc1c(C(=O)N(N)OCC2CC2)cc2c(ncn2CCCN2CCCCC2)c1F. The van der Waals surface area contributed by atoms with Crippen molar-refractivity contribution in [2.75, 3.05) is 31.6 Å². The number of imidazole rings is 1. The number of aryl methyl sites for hydroxylation is 2. The Kier molecular flexibility index (Phi) is 8.09. The number of anilines is 2. The first-order valence-electron chi connectivity index (χ1n) is 13.1. The quantitative estimate of drug-likeness (QED) is 0.189. The molecule has 2 heterocycles. The fourth-order valence-electron chi connectivity index (χ4n) is 4.82. The number of hydrazine groups is 1. The largest absolute Gasteiger partial charge is 0.352 e. The second kappa shape index (κ2) is 11.5. The highest BCUT2D eigenvalue weighted by atomic mass is 79.9. The Hall–Kier alpha value is -2.53. The Balaban J connectivity index is 1.45. The molecule has 1 saturated heterocycles. The summed E-state index contributed by atoms with van der Waals surface area (Å²) in [5, 5.41) is 3.86. The number of likely N-dealkylation sites (tertiary alicyclic amines) is 1. The summed E-state index contributed by atoms with van der Waals surface area (Å²) in [6.07, 6.45) is 8.49. The molecule has 0 bridgehead atoms. The average molecular weight is 574 g/mol. The molecule has 0 unspecified atom stereocenters. The lowest BCUT2D eigenvalue weighted by Gasteiger charge is -2.26. The third-order valence-electron chi connectivity index (χ3n) is 7.20. The predicted molar refractivity (Wildman–Crippen MR) is 146 cm³/mol. The van der Waals surface area contributed by atoms with E-state index in [2.05, 4.69) is 31.1 Å². The van der Waals surface area contributed by atoms with E-state index in [1.54, 1.807) is 12.4 Å². The number of nitrogens with two attached hydrogens (primary N) is 1. The minimum Gasteiger partial charge on any atom is -0.352 e. The van der Waals surface area contributed by atoms with Gasteiger partial charge in [0.2, 0.25) is 0 Å². The van der Waals surface area contributed by atoms with Crippen LogP contribution < -0.4 is 11.2 Å². The zero-order valence-electron chi connectivity index (χ0n) is 21.2. The van der Waals surface area contributed by atoms with Crippen LogP contribution in [0.2, 0.25) is 0 Å². The number of carbonyl (C=O) groups is 1. The summed E-state index contributed by atoms with van der Waals surface area (Å²) in [4.78, 5) is 25.8. The molecule has 37 heavy (non-hydrogen) atoms. The van der Waals surface area contributed by atoms with Gasteiger partial charge in [-0.3, -0.25) is 9.63 Å². The molecular weight excluding hydrogens is 539 g/mol. The zero-order chi connectivity index (χ0) is 25.9. The first-order valence-corrected chi connectivity index (χ1v) is 13.8. The van der Waals surface area contributed by atoms with Gasteiger partial charge in [-0.25, -0.2) is 15.2 Å². The fourth-order valence-corrected chi connectivity index (χ4v) is 5.30. The van der Waals surface area contributed by atoms with Crippen molar-refractivity contribution < 1.29 is 14.0 Å². The minimum atomic E-state index is -0.611. The standard InChI is InChI=1S/C27H34BrFN6O2/c1-18-14-20(28)8-9-22(18)32-25-21(27(36)35(30)37-16-19-6-7-19)15-23-26(24(25)29)31-17-34(23)13-5-12-33-10-3-2-4-11-33/h8-9,14-15,17,19,32H,2-7,10-13,16,30H2,1H3. The van der Waals surface area contributed by atoms with E-state index >= 15 is 4.39 Å². The predicted octanol–water partition coefficient (Wildman–Crippen LogP) is 5.52. The van der Waals surface area contributed by atoms with Gasteiger partial charge >= 0.3 is 0 Å². The molecule has 3 N–H and O–H groups in total. The molecule has 1 saturated carbocycles. The highest BCUT2D eigenvalue weighted by molar-refractivity contribution is 9.10. The summed E-state index contributed by atoms with van der Waals surface area (Å²) in [6, 6.07) is 7.29. The van der Waals surface area contributed by atoms with E-state index in [9.17, 15) is 4.79 Å². The second-order valence-corrected chi connectivity index (χ2v) is 11.0. The number of carbonyl (C=O) groups excluding carboxylic acids is 1. The molecule has 0 spiro atoms. The summed E-state index contributed by atoms with van der Waals surface area (Å²) >= 11 is 3.46. The molecule has 10 heteroatoms. The first kappa shape index (κ1) is 26.1. The van der Waals surface area contributed by atoms with E-state index in [1.165, 1.54) is 19.3 Å². The van der Waals surface area contributed by atoms with Crippen LogP contribution in [0.3, 0.4) is 0 Å². The molecule has 0 radical (unpaired) electrons. The van der Waals surface area contributed by atoms with Crippen LogP contribution in [-0.4, -0.2) is 51.8 Å². The molecule has 5 rings (SSSR count). The van der Waals surface area contributed by atoms with Gasteiger partial charge in [-0.2, -0.15) is 0 Å². The van der Waals surface area contributed by atoms with Crippen molar-refractivity contribution in [1.82, 2.24) is 19.6 Å². The summed E-state index contributed by atoms with van der Waals surface area (Å²) in [6.45, 7) is 6.22. The number of halogens is 2. The topological polar surface area (TPSA) is 88.6 Å². The number of hydroxylamine groups is 1. The monoisotopic (exact) mass is 572 g/mol. The molecule has 0 atom stereocenters. The van der Waals surface area contributed by atoms with Gasteiger partial charge in [0, 0.05) is 16.7 Å². The average Bonchev–Trinajstić information content (AvgIpc) is 3.64. The highest BCUT2D eigenvalue weighted by Crippen LogP contribution is 2.34. The zero-order valence-corrected chi connectivity index (χ0v) is 22.8. The van der Waals surface area contributed by atoms with E-state index in [4.69, 9.17) is 10.7 Å². The molecule has 1 aliphatic heterocycles. The number of nitrogens with one attached hydrogen (secondary N) is 1. The maximum Gasteiger partial charge on any atom is 0.294 e. The van der Waals surface area contributed by atoms with Gasteiger partial charge in [-0.15, -0.1) is 5.17 Å². The van der Waals surface area contributed by atoms with Gasteiger partial charge < -0.3 is 14.8 Å². The van der Waals surface area contributed by atoms with Gasteiger partial charge in [-0.1, -0.05) is 22.4 Å². The normalized spacial score (nSPS) is 16.3. The van der Waals surface area contributed by atoms with Crippen molar-refractivity contribution in [2.45, 2.75) is 52.0 Å². The summed E-state index contributed by atoms with van der Waals surface area (Å²) in [5.41, 5.74) is 2.49. The summed E-state index contributed by atoms with van der Waals surface area (Å²) in [7, 11) is 0. The number of piperidine rings is 1. The van der Waals surface area contributed by atoms with Crippen LogP contribution in [-0.2, 0) is 11.4 Å². The Labute approximate surface area is 225 Å². The Bertz CT molecular complexity index is 1270. The number of fused-ring (bicyclic) bond motifs is 1. The number of aromatic nitrogens is 2. The van der Waals surface area contributed by atoms with Crippen LogP contribution in [0.4, 0.5) is 15.8 Å². The van der Waals surface area contributed by atoms with E-state index in [0.717, 1.165) is 54.1 Å². The number of hydrogen-bond acceptors (Lipinski definition) is 6. The molecule has 198 valence electrons. The molecule has 2 aromatic carbocycles. The van der Waals surface area contributed by atoms with Gasteiger partial charge in [0.25, 0.3) is 5.91 Å². The lowest BCUT2D eigenvalue weighted by atomic mass is 10.1. The van der Waals surface area contributed by atoms with Gasteiger partial charge in [0.1, 0.15) is 5.52 Å². The molecule has 2 fully saturated rings. The molecule has 1 amide bonds. The maximum atomic E-state index is 16.0. The van der Waals surface area contributed by atoms with Crippen LogP contribution in [0.1, 0.15) is 54.4 Å². The molecule has 1 aliphatic carbocycles. The van der Waals surface area contributed by atoms with Crippen molar-refractivity contribution in [2.24, 2.45) is 11.8 Å². The molecule has 1 aromatic heterocycles. The fraction of sp³-hybridized carbons (Fsp3) is 0.481. The van der Waals surface area contributed by atoms with Gasteiger partial charge in [0.15, 0.2) is 5.82 Å². The van der Waals surface area contributed by atoms with E-state index in [1.807, 2.05) is 29.7 Å². The van der Waals surface area contributed by atoms with Gasteiger partial charge in [-0.05, 0) is 94.4 Å². The number of benzene rings is 2. The Morgan fingerprint density at radius 3 is 2.76 bits per heavy atom. The van der Waals surface area contributed by atoms with E-state index < -0.39 is 11.7 Å². The minimum absolute atomic E-state index is 0.0342. The van der Waals surface area contributed by atoms with Crippen LogP contribution in [0, 0.1) is 18.7 Å². The van der Waals surface area contributed by atoms with Crippen molar-refractivity contribution in [1.29, 1.82) is 0 Å². The number of rotatable bonds is 10. The second-order valence-electron chi connectivity index (χ2n) is 10.1. The Morgan fingerprint density at radius 1 is 1.24 bits per heavy atom. The van der Waals surface area contributed by atoms with Crippen molar-refractivity contribution in [3.63, 3.8) is 0 Å². The lowest BCUT2D eigenvalue weighted by molar-refractivity contribution is -0.129. The van der Waals surface area contributed by atoms with Crippen LogP contribution in [0.25, 0.3) is 11.0 Å². The molecular formula is C27H34BrFN6O2. The third-order valence-corrected chi connectivity index (χ3v) is 7.70. The summed E-state index contributed by atoms with van der Waals surface area (Å²) < 4.78 is 18.8. The van der Waals surface area contributed by atoms with Gasteiger partial charge in [0.05, 0.1) is 29.7 Å². The van der Waals surface area contributed by atoms with Crippen LogP contribution in [0.15, 0.2) is 35.1 Å². The van der Waals surface area contributed by atoms with Crippen molar-refractivity contribution in [3.05, 3.63) is 52.0 Å². The lowest BCUT2D eigenvalue weighted by Crippen LogP contribution is -2.38. The number of amides is 1. The summed E-state index contributed by atoms with van der Waals surface area (Å²) in [5.74, 6) is 5.20. The van der Waals surface area contributed by atoms with E-state index in [0.29, 0.717) is 30.3 Å². The Morgan fingerprint density at radius 2 is 2.03 bits per heavy atom. The first-order chi connectivity index (χ1) is 17.9.